The monoisotopic (exact) mass is 365 g/mol. The maximum atomic E-state index is 12.4. The van der Waals surface area contributed by atoms with Crippen LogP contribution in [0.1, 0.15) is 49.4 Å². The number of carbonyl (C=O) groups is 1. The van der Waals surface area contributed by atoms with Gasteiger partial charge in [-0.1, -0.05) is 36.4 Å². The van der Waals surface area contributed by atoms with Crippen molar-refractivity contribution in [1.82, 2.24) is 14.8 Å². The van der Waals surface area contributed by atoms with Crippen LogP contribution >= 0.6 is 0 Å². The average molecular weight is 366 g/mol. The summed E-state index contributed by atoms with van der Waals surface area (Å²) in [5.41, 5.74) is 3.71. The highest BCUT2D eigenvalue weighted by Crippen LogP contribution is 2.26. The Labute approximate surface area is 163 Å². The second kappa shape index (κ2) is 9.65. The Balaban J connectivity index is 1.58. The van der Waals surface area contributed by atoms with Crippen molar-refractivity contribution in [2.45, 2.75) is 39.0 Å². The zero-order valence-corrected chi connectivity index (χ0v) is 16.6. The summed E-state index contributed by atoms with van der Waals surface area (Å²) in [4.78, 5) is 21.4. The standard InChI is InChI=1S/C23H31N3O/c1-3-26(4-2)23(27)18-25-14-8-11-21(17-25)22-13-12-20(16-24-22)15-19-9-6-5-7-10-19/h5-7,9-10,12-13,16,21H,3-4,8,11,14-15,17-18H2,1-2H3/t21-/m0/s1. The molecule has 27 heavy (non-hydrogen) atoms. The van der Waals surface area contributed by atoms with Crippen molar-refractivity contribution in [2.75, 3.05) is 32.7 Å². The van der Waals surface area contributed by atoms with E-state index >= 15 is 0 Å². The summed E-state index contributed by atoms with van der Waals surface area (Å²) in [6.07, 6.45) is 5.22. The topological polar surface area (TPSA) is 36.4 Å². The number of nitrogens with zero attached hydrogens (tertiary/aromatic N) is 3. The fourth-order valence-corrected chi connectivity index (χ4v) is 3.92. The first kappa shape index (κ1) is 19.6. The Morgan fingerprint density at radius 3 is 2.56 bits per heavy atom. The van der Waals surface area contributed by atoms with Crippen molar-refractivity contribution in [1.29, 1.82) is 0 Å². The van der Waals surface area contributed by atoms with Gasteiger partial charge in [0.2, 0.25) is 5.91 Å². The molecule has 0 N–H and O–H groups in total. The van der Waals surface area contributed by atoms with Crippen molar-refractivity contribution in [3.05, 3.63) is 65.5 Å². The van der Waals surface area contributed by atoms with Gasteiger partial charge in [-0.3, -0.25) is 14.7 Å². The van der Waals surface area contributed by atoms with E-state index in [1.54, 1.807) is 0 Å². The number of hydrogen-bond donors (Lipinski definition) is 0. The molecule has 0 spiro atoms. The molecule has 4 nitrogen and oxygen atoms in total. The van der Waals surface area contributed by atoms with Gasteiger partial charge in [-0.25, -0.2) is 0 Å². The molecule has 4 heteroatoms. The van der Waals surface area contributed by atoms with E-state index in [9.17, 15) is 4.79 Å². The number of amides is 1. The summed E-state index contributed by atoms with van der Waals surface area (Å²) >= 11 is 0. The SMILES string of the molecule is CCN(CC)C(=O)CN1CCC[C@H](c2ccc(Cc3ccccc3)cn2)C1. The minimum atomic E-state index is 0.242. The Morgan fingerprint density at radius 2 is 1.89 bits per heavy atom. The Hall–Kier alpha value is -2.20. The lowest BCUT2D eigenvalue weighted by atomic mass is 9.93. The van der Waals surface area contributed by atoms with Crippen LogP contribution in [0.2, 0.25) is 0 Å². The molecule has 1 atom stereocenters. The molecule has 2 heterocycles. The number of hydrogen-bond acceptors (Lipinski definition) is 3. The van der Waals surface area contributed by atoms with Gasteiger partial charge in [0.1, 0.15) is 0 Å². The summed E-state index contributed by atoms with van der Waals surface area (Å²) in [5.74, 6) is 0.667. The van der Waals surface area contributed by atoms with Crippen LogP contribution in [-0.4, -0.2) is 53.4 Å². The number of likely N-dealkylation sites (tertiary alicyclic amines) is 1. The van der Waals surface area contributed by atoms with E-state index in [0.29, 0.717) is 12.5 Å². The fraction of sp³-hybridized carbons (Fsp3) is 0.478. The Kier molecular flexibility index (Phi) is 6.99. The molecule has 1 amide bonds. The highest BCUT2D eigenvalue weighted by Gasteiger charge is 2.24. The third kappa shape index (κ3) is 5.39. The highest BCUT2D eigenvalue weighted by atomic mass is 16.2. The second-order valence-corrected chi connectivity index (χ2v) is 7.39. The lowest BCUT2D eigenvalue weighted by molar-refractivity contribution is -0.132. The van der Waals surface area contributed by atoms with Crippen LogP contribution in [0.15, 0.2) is 48.7 Å². The molecule has 1 aromatic carbocycles. The number of piperidine rings is 1. The summed E-state index contributed by atoms with van der Waals surface area (Å²) in [5, 5.41) is 0. The molecular formula is C23H31N3O. The highest BCUT2D eigenvalue weighted by molar-refractivity contribution is 5.78. The van der Waals surface area contributed by atoms with Gasteiger partial charge in [0.25, 0.3) is 0 Å². The average Bonchev–Trinajstić information content (AvgIpc) is 2.70. The molecule has 0 aliphatic carbocycles. The number of likely N-dealkylation sites (N-methyl/N-ethyl adjacent to an activating group) is 1. The quantitative estimate of drug-likeness (QED) is 0.750. The van der Waals surface area contributed by atoms with Crippen LogP contribution < -0.4 is 0 Å². The van der Waals surface area contributed by atoms with Crippen molar-refractivity contribution in [3.8, 4) is 0 Å². The first-order chi connectivity index (χ1) is 13.2. The molecule has 1 saturated heterocycles. The lowest BCUT2D eigenvalue weighted by Crippen LogP contribution is -2.43. The van der Waals surface area contributed by atoms with Gasteiger partial charge in [-0.15, -0.1) is 0 Å². The minimum absolute atomic E-state index is 0.242. The Morgan fingerprint density at radius 1 is 1.11 bits per heavy atom. The van der Waals surface area contributed by atoms with Crippen LogP contribution in [0.25, 0.3) is 0 Å². The van der Waals surface area contributed by atoms with E-state index in [-0.39, 0.29) is 5.91 Å². The second-order valence-electron chi connectivity index (χ2n) is 7.39. The van der Waals surface area contributed by atoms with Crippen LogP contribution in [0, 0.1) is 0 Å². The zero-order valence-electron chi connectivity index (χ0n) is 16.6. The van der Waals surface area contributed by atoms with Gasteiger partial charge in [0, 0.05) is 37.4 Å². The van der Waals surface area contributed by atoms with Crippen molar-refractivity contribution >= 4 is 5.91 Å². The molecule has 144 valence electrons. The van der Waals surface area contributed by atoms with Crippen molar-refractivity contribution in [2.24, 2.45) is 0 Å². The van der Waals surface area contributed by atoms with E-state index in [1.165, 1.54) is 11.1 Å². The number of rotatable bonds is 7. The van der Waals surface area contributed by atoms with Gasteiger partial charge in [-0.05, 0) is 56.8 Å². The molecule has 0 saturated carbocycles. The number of benzene rings is 1. The molecule has 2 aromatic rings. The van der Waals surface area contributed by atoms with Crippen LogP contribution in [-0.2, 0) is 11.2 Å². The predicted molar refractivity (Wildman–Crippen MR) is 110 cm³/mol. The predicted octanol–water partition coefficient (Wildman–Crippen LogP) is 3.72. The van der Waals surface area contributed by atoms with E-state index in [4.69, 9.17) is 4.98 Å². The first-order valence-electron chi connectivity index (χ1n) is 10.2. The summed E-state index contributed by atoms with van der Waals surface area (Å²) in [7, 11) is 0. The fourth-order valence-electron chi connectivity index (χ4n) is 3.92. The van der Waals surface area contributed by atoms with Gasteiger partial charge in [0.15, 0.2) is 0 Å². The van der Waals surface area contributed by atoms with E-state index in [0.717, 1.165) is 51.1 Å². The van der Waals surface area contributed by atoms with E-state index in [2.05, 4.69) is 41.3 Å². The van der Waals surface area contributed by atoms with Gasteiger partial charge in [-0.2, -0.15) is 0 Å². The van der Waals surface area contributed by atoms with Crippen LogP contribution in [0.4, 0.5) is 0 Å². The summed E-state index contributed by atoms with van der Waals surface area (Å²) < 4.78 is 0. The summed E-state index contributed by atoms with van der Waals surface area (Å²) in [6.45, 7) is 8.13. The zero-order chi connectivity index (χ0) is 19.1. The third-order valence-corrected chi connectivity index (χ3v) is 5.50. The molecule has 0 unspecified atom stereocenters. The van der Waals surface area contributed by atoms with Gasteiger partial charge in [0.05, 0.1) is 6.54 Å². The van der Waals surface area contributed by atoms with Crippen molar-refractivity contribution < 1.29 is 4.79 Å². The van der Waals surface area contributed by atoms with Crippen LogP contribution in [0.5, 0.6) is 0 Å². The van der Waals surface area contributed by atoms with E-state index in [1.807, 2.05) is 31.0 Å². The first-order valence-corrected chi connectivity index (χ1v) is 10.2. The number of carbonyl (C=O) groups excluding carboxylic acids is 1. The maximum Gasteiger partial charge on any atom is 0.236 e. The molecule has 1 aliphatic rings. The largest absolute Gasteiger partial charge is 0.342 e. The molecule has 1 aromatic heterocycles. The third-order valence-electron chi connectivity index (χ3n) is 5.50. The molecule has 0 bridgehead atoms. The van der Waals surface area contributed by atoms with Gasteiger partial charge < -0.3 is 4.90 Å². The number of aromatic nitrogens is 1. The normalized spacial score (nSPS) is 17.6. The maximum absolute atomic E-state index is 12.4. The molecule has 1 fully saturated rings. The molecular weight excluding hydrogens is 334 g/mol. The number of pyridine rings is 1. The summed E-state index contributed by atoms with van der Waals surface area (Å²) in [6, 6.07) is 14.9. The van der Waals surface area contributed by atoms with Crippen molar-refractivity contribution in [3.63, 3.8) is 0 Å². The minimum Gasteiger partial charge on any atom is -0.342 e. The Bertz CT molecular complexity index is 710. The molecule has 1 aliphatic heterocycles. The molecule has 0 radical (unpaired) electrons. The van der Waals surface area contributed by atoms with Gasteiger partial charge >= 0.3 is 0 Å². The smallest absolute Gasteiger partial charge is 0.236 e. The lowest BCUT2D eigenvalue weighted by Gasteiger charge is -2.33. The van der Waals surface area contributed by atoms with Crippen LogP contribution in [0.3, 0.4) is 0 Å². The molecule has 3 rings (SSSR count). The van der Waals surface area contributed by atoms with E-state index < -0.39 is 0 Å².